The number of hydrogen-bond donors (Lipinski definition) is 2. The minimum atomic E-state index is -0.197. The van der Waals surface area contributed by atoms with Crippen LogP contribution >= 0.6 is 15.9 Å². The number of benzene rings is 2. The fraction of sp³-hybridized carbons (Fsp3) is 0.222. The van der Waals surface area contributed by atoms with Crippen molar-refractivity contribution in [1.29, 1.82) is 5.26 Å². The molecule has 0 saturated carbocycles. The lowest BCUT2D eigenvalue weighted by atomic mass is 10.1. The Morgan fingerprint density at radius 3 is 2.75 bits per heavy atom. The van der Waals surface area contributed by atoms with E-state index in [1.54, 1.807) is 31.4 Å². The molecule has 0 aliphatic heterocycles. The van der Waals surface area contributed by atoms with E-state index in [4.69, 9.17) is 10.00 Å². The van der Waals surface area contributed by atoms with Crippen molar-refractivity contribution in [3.63, 3.8) is 0 Å². The van der Waals surface area contributed by atoms with Crippen molar-refractivity contribution >= 4 is 27.5 Å². The number of amides is 1. The van der Waals surface area contributed by atoms with E-state index in [0.717, 1.165) is 15.8 Å². The van der Waals surface area contributed by atoms with Gasteiger partial charge in [-0.05, 0) is 52.7 Å². The highest BCUT2D eigenvalue weighted by Crippen LogP contribution is 2.27. The highest BCUT2D eigenvalue weighted by molar-refractivity contribution is 9.10. The van der Waals surface area contributed by atoms with Crippen LogP contribution in [0, 0.1) is 11.3 Å². The van der Waals surface area contributed by atoms with Gasteiger partial charge in [-0.1, -0.05) is 18.2 Å². The molecule has 5 nitrogen and oxygen atoms in total. The average Bonchev–Trinajstić information content (AvgIpc) is 2.60. The summed E-state index contributed by atoms with van der Waals surface area (Å²) in [6, 6.07) is 14.7. The SMILES string of the molecule is COc1ccc([C@H](C)NCC(=O)Nc2ccccc2C#N)cc1Br. The Balaban J connectivity index is 1.94. The topological polar surface area (TPSA) is 74.2 Å². The number of rotatable bonds is 6. The fourth-order valence-electron chi connectivity index (χ4n) is 2.20. The molecule has 0 unspecified atom stereocenters. The molecule has 6 heteroatoms. The Labute approximate surface area is 149 Å². The maximum atomic E-state index is 12.1. The maximum Gasteiger partial charge on any atom is 0.238 e. The summed E-state index contributed by atoms with van der Waals surface area (Å²) in [5.41, 5.74) is 2.00. The summed E-state index contributed by atoms with van der Waals surface area (Å²) in [4.78, 5) is 12.1. The van der Waals surface area contributed by atoms with Crippen molar-refractivity contribution in [2.75, 3.05) is 19.0 Å². The Hall–Kier alpha value is -2.36. The Kier molecular flexibility index (Phi) is 6.36. The van der Waals surface area contributed by atoms with Crippen LogP contribution in [0.3, 0.4) is 0 Å². The second kappa shape index (κ2) is 8.48. The van der Waals surface area contributed by atoms with Gasteiger partial charge in [-0.25, -0.2) is 0 Å². The Bertz CT molecular complexity index is 771. The molecule has 2 rings (SSSR count). The van der Waals surface area contributed by atoms with Crippen LogP contribution in [0.2, 0.25) is 0 Å². The molecule has 0 fully saturated rings. The number of hydrogen-bond acceptors (Lipinski definition) is 4. The summed E-state index contributed by atoms with van der Waals surface area (Å²) in [6.07, 6.45) is 0. The van der Waals surface area contributed by atoms with Crippen LogP contribution < -0.4 is 15.4 Å². The van der Waals surface area contributed by atoms with Crippen molar-refractivity contribution in [2.24, 2.45) is 0 Å². The number of para-hydroxylation sites is 1. The first-order chi connectivity index (χ1) is 11.5. The number of carbonyl (C=O) groups is 1. The first-order valence-electron chi connectivity index (χ1n) is 7.41. The minimum Gasteiger partial charge on any atom is -0.496 e. The second-order valence-corrected chi connectivity index (χ2v) is 6.06. The maximum absolute atomic E-state index is 12.1. The molecular weight excluding hydrogens is 370 g/mol. The molecule has 1 amide bonds. The summed E-state index contributed by atoms with van der Waals surface area (Å²) < 4.78 is 6.07. The summed E-state index contributed by atoms with van der Waals surface area (Å²) in [6.45, 7) is 2.12. The largest absolute Gasteiger partial charge is 0.496 e. The molecule has 0 radical (unpaired) electrons. The van der Waals surface area contributed by atoms with Crippen LogP contribution in [-0.2, 0) is 4.79 Å². The molecule has 0 aliphatic rings. The van der Waals surface area contributed by atoms with Crippen LogP contribution in [0.15, 0.2) is 46.9 Å². The van der Waals surface area contributed by atoms with Gasteiger partial charge in [0.15, 0.2) is 0 Å². The predicted molar refractivity (Wildman–Crippen MR) is 96.9 cm³/mol. The average molecular weight is 388 g/mol. The third-order valence-electron chi connectivity index (χ3n) is 3.57. The third-order valence-corrected chi connectivity index (χ3v) is 4.19. The Morgan fingerprint density at radius 2 is 2.08 bits per heavy atom. The molecule has 1 atom stereocenters. The lowest BCUT2D eigenvalue weighted by molar-refractivity contribution is -0.115. The van der Waals surface area contributed by atoms with E-state index in [0.29, 0.717) is 11.3 Å². The van der Waals surface area contributed by atoms with Gasteiger partial charge in [0.1, 0.15) is 11.8 Å². The summed E-state index contributed by atoms with van der Waals surface area (Å²) >= 11 is 3.45. The van der Waals surface area contributed by atoms with Gasteiger partial charge >= 0.3 is 0 Å². The van der Waals surface area contributed by atoms with E-state index in [-0.39, 0.29) is 18.5 Å². The van der Waals surface area contributed by atoms with Gasteiger partial charge in [-0.15, -0.1) is 0 Å². The Morgan fingerprint density at radius 1 is 1.33 bits per heavy atom. The van der Waals surface area contributed by atoms with Gasteiger partial charge in [0.25, 0.3) is 0 Å². The normalized spacial score (nSPS) is 11.4. The van der Waals surface area contributed by atoms with Gasteiger partial charge in [0, 0.05) is 6.04 Å². The van der Waals surface area contributed by atoms with Gasteiger partial charge in [-0.2, -0.15) is 5.26 Å². The van der Waals surface area contributed by atoms with Gasteiger partial charge in [0.2, 0.25) is 5.91 Å². The molecule has 0 heterocycles. The van der Waals surface area contributed by atoms with E-state index < -0.39 is 0 Å². The highest BCUT2D eigenvalue weighted by atomic mass is 79.9. The predicted octanol–water partition coefficient (Wildman–Crippen LogP) is 3.62. The fourth-order valence-corrected chi connectivity index (χ4v) is 2.76. The molecule has 0 spiro atoms. The molecule has 0 aliphatic carbocycles. The second-order valence-electron chi connectivity index (χ2n) is 5.20. The molecule has 2 N–H and O–H groups in total. The summed E-state index contributed by atoms with van der Waals surface area (Å²) in [7, 11) is 1.62. The van der Waals surface area contributed by atoms with Gasteiger partial charge in [0.05, 0.1) is 29.4 Å². The van der Waals surface area contributed by atoms with Gasteiger partial charge in [-0.3, -0.25) is 4.79 Å². The van der Waals surface area contributed by atoms with Crippen molar-refractivity contribution in [2.45, 2.75) is 13.0 Å². The molecule has 2 aromatic carbocycles. The first-order valence-corrected chi connectivity index (χ1v) is 8.20. The molecular formula is C18H18BrN3O2. The number of carbonyl (C=O) groups excluding carboxylic acids is 1. The number of methoxy groups -OCH3 is 1. The summed E-state index contributed by atoms with van der Waals surface area (Å²) in [5.74, 6) is 0.564. The van der Waals surface area contributed by atoms with E-state index in [9.17, 15) is 4.79 Å². The molecule has 0 saturated heterocycles. The molecule has 124 valence electrons. The summed E-state index contributed by atoms with van der Waals surface area (Å²) in [5, 5.41) is 14.9. The van der Waals surface area contributed by atoms with Crippen LogP contribution in [-0.4, -0.2) is 19.6 Å². The van der Waals surface area contributed by atoms with Crippen molar-refractivity contribution in [1.82, 2.24) is 5.32 Å². The van der Waals surface area contributed by atoms with Crippen molar-refractivity contribution < 1.29 is 9.53 Å². The standard InChI is InChI=1S/C18H18BrN3O2/c1-12(13-7-8-17(24-2)15(19)9-13)21-11-18(23)22-16-6-4-3-5-14(16)10-20/h3-9,12,21H,11H2,1-2H3,(H,22,23)/t12-/m0/s1. The number of halogens is 1. The third kappa shape index (κ3) is 4.57. The van der Waals surface area contributed by atoms with E-state index in [1.807, 2.05) is 25.1 Å². The lowest BCUT2D eigenvalue weighted by Gasteiger charge is -2.15. The van der Waals surface area contributed by atoms with Crippen molar-refractivity contribution in [3.8, 4) is 11.8 Å². The van der Waals surface area contributed by atoms with Crippen LogP contribution in [0.1, 0.15) is 24.1 Å². The quantitative estimate of drug-likeness (QED) is 0.793. The monoisotopic (exact) mass is 387 g/mol. The zero-order valence-corrected chi connectivity index (χ0v) is 15.1. The van der Waals surface area contributed by atoms with Gasteiger partial charge < -0.3 is 15.4 Å². The zero-order chi connectivity index (χ0) is 17.5. The number of ether oxygens (including phenoxy) is 1. The van der Waals surface area contributed by atoms with Crippen LogP contribution in [0.5, 0.6) is 5.75 Å². The number of nitrogens with zero attached hydrogens (tertiary/aromatic N) is 1. The number of nitriles is 1. The van der Waals surface area contributed by atoms with Crippen molar-refractivity contribution in [3.05, 3.63) is 58.1 Å². The smallest absolute Gasteiger partial charge is 0.238 e. The van der Waals surface area contributed by atoms with Crippen LogP contribution in [0.25, 0.3) is 0 Å². The molecule has 0 bridgehead atoms. The number of anilines is 1. The van der Waals surface area contributed by atoms with E-state index in [2.05, 4.69) is 32.6 Å². The minimum absolute atomic E-state index is 0.0100. The molecule has 0 aromatic heterocycles. The highest BCUT2D eigenvalue weighted by Gasteiger charge is 2.11. The lowest BCUT2D eigenvalue weighted by Crippen LogP contribution is -2.30. The van der Waals surface area contributed by atoms with E-state index in [1.165, 1.54) is 0 Å². The van der Waals surface area contributed by atoms with E-state index >= 15 is 0 Å². The molecule has 24 heavy (non-hydrogen) atoms. The molecule has 2 aromatic rings. The van der Waals surface area contributed by atoms with Crippen LogP contribution in [0.4, 0.5) is 5.69 Å². The number of nitrogens with one attached hydrogen (secondary N) is 2. The zero-order valence-electron chi connectivity index (χ0n) is 13.5. The first kappa shape index (κ1) is 18.0.